The quantitative estimate of drug-likeness (QED) is 0.614. The minimum Gasteiger partial charge on any atom is -0.386 e. The molecule has 1 aromatic heterocycles. The minimum atomic E-state index is -0.736. The Balaban J connectivity index is 1.55. The maximum Gasteiger partial charge on any atom is 0.230 e. The fourth-order valence-corrected chi connectivity index (χ4v) is 4.41. The van der Waals surface area contributed by atoms with Crippen LogP contribution in [0.1, 0.15) is 18.6 Å². The third-order valence-electron chi connectivity index (χ3n) is 3.66. The third-order valence-corrected chi connectivity index (χ3v) is 6.07. The first-order valence-corrected chi connectivity index (χ1v) is 9.92. The molecule has 0 unspecified atom stereocenters. The van der Waals surface area contributed by atoms with Gasteiger partial charge in [-0.3, -0.25) is 4.79 Å². The molecule has 7 heteroatoms. The van der Waals surface area contributed by atoms with Gasteiger partial charge in [0.1, 0.15) is 0 Å². The van der Waals surface area contributed by atoms with Crippen LogP contribution in [0.4, 0.5) is 0 Å². The topological polar surface area (TPSA) is 62.2 Å². The van der Waals surface area contributed by atoms with E-state index in [2.05, 4.69) is 10.3 Å². The van der Waals surface area contributed by atoms with Crippen molar-refractivity contribution in [3.8, 4) is 0 Å². The van der Waals surface area contributed by atoms with Crippen molar-refractivity contribution in [2.24, 2.45) is 0 Å². The summed E-state index contributed by atoms with van der Waals surface area (Å²) in [7, 11) is 0. The zero-order valence-electron chi connectivity index (χ0n) is 13.5. The van der Waals surface area contributed by atoms with E-state index in [1.54, 1.807) is 6.92 Å². The average Bonchev–Trinajstić information content (AvgIpc) is 3.02. The number of amides is 1. The predicted molar refractivity (Wildman–Crippen MR) is 104 cm³/mol. The molecule has 1 heterocycles. The predicted octanol–water partition coefficient (Wildman–Crippen LogP) is 4.28. The van der Waals surface area contributed by atoms with Crippen molar-refractivity contribution in [3.63, 3.8) is 0 Å². The number of aromatic nitrogens is 1. The van der Waals surface area contributed by atoms with Crippen LogP contribution in [0.5, 0.6) is 0 Å². The molecule has 3 rings (SSSR count). The molecule has 0 aliphatic rings. The lowest BCUT2D eigenvalue weighted by Crippen LogP contribution is -2.38. The van der Waals surface area contributed by atoms with Crippen LogP contribution in [-0.2, 0) is 4.79 Å². The molecule has 0 bridgehead atoms. The van der Waals surface area contributed by atoms with E-state index >= 15 is 0 Å². The molecule has 2 N–H and O–H groups in total. The highest BCUT2D eigenvalue weighted by Gasteiger charge is 2.18. The molecule has 0 spiro atoms. The Bertz CT molecular complexity index is 870. The lowest BCUT2D eigenvalue weighted by molar-refractivity contribution is -0.119. The Kier molecular flexibility index (Phi) is 5.96. The SMILES string of the molecule is C[C@@H](NC(=O)CSc1nc2cc(Cl)ccc2s1)[C@@H](O)c1ccccc1. The van der Waals surface area contributed by atoms with Crippen molar-refractivity contribution < 1.29 is 9.90 Å². The van der Waals surface area contributed by atoms with Gasteiger partial charge in [0.15, 0.2) is 4.34 Å². The van der Waals surface area contributed by atoms with Gasteiger partial charge in [0.05, 0.1) is 28.1 Å². The Morgan fingerprint density at radius 2 is 2.08 bits per heavy atom. The molecule has 130 valence electrons. The highest BCUT2D eigenvalue weighted by atomic mass is 35.5. The fraction of sp³-hybridized carbons (Fsp3) is 0.222. The summed E-state index contributed by atoms with van der Waals surface area (Å²) in [5.41, 5.74) is 1.62. The van der Waals surface area contributed by atoms with E-state index in [1.165, 1.54) is 23.1 Å². The largest absolute Gasteiger partial charge is 0.386 e. The van der Waals surface area contributed by atoms with Gasteiger partial charge in [-0.15, -0.1) is 11.3 Å². The number of nitrogens with one attached hydrogen (secondary N) is 1. The zero-order chi connectivity index (χ0) is 17.8. The van der Waals surface area contributed by atoms with Gasteiger partial charge < -0.3 is 10.4 Å². The molecule has 0 radical (unpaired) electrons. The molecule has 3 aromatic rings. The summed E-state index contributed by atoms with van der Waals surface area (Å²) >= 11 is 8.88. The molecule has 4 nitrogen and oxygen atoms in total. The Labute approximate surface area is 159 Å². The normalized spacial score (nSPS) is 13.6. The molecular weight excluding hydrogens is 376 g/mol. The van der Waals surface area contributed by atoms with Crippen molar-refractivity contribution in [2.75, 3.05) is 5.75 Å². The van der Waals surface area contributed by atoms with Crippen molar-refractivity contribution in [3.05, 3.63) is 59.1 Å². The van der Waals surface area contributed by atoms with Gasteiger partial charge in [-0.25, -0.2) is 4.98 Å². The Hall–Kier alpha value is -1.60. The summed E-state index contributed by atoms with van der Waals surface area (Å²) in [6.07, 6.45) is -0.736. The van der Waals surface area contributed by atoms with Gasteiger partial charge in [0.2, 0.25) is 5.91 Å². The molecule has 1 amide bonds. The standard InChI is InChI=1S/C18H17ClN2O2S2/c1-11(17(23)12-5-3-2-4-6-12)20-16(22)10-24-18-21-14-9-13(19)7-8-15(14)25-18/h2-9,11,17,23H,10H2,1H3,(H,20,22)/t11-,17-/m1/s1. The van der Waals surface area contributed by atoms with Crippen LogP contribution < -0.4 is 5.32 Å². The smallest absolute Gasteiger partial charge is 0.230 e. The fourth-order valence-electron chi connectivity index (χ4n) is 2.38. The molecule has 2 aromatic carbocycles. The van der Waals surface area contributed by atoms with Crippen LogP contribution in [0.2, 0.25) is 5.02 Å². The number of hydrogen-bond acceptors (Lipinski definition) is 5. The number of thioether (sulfide) groups is 1. The summed E-state index contributed by atoms with van der Waals surface area (Å²) in [6.45, 7) is 1.79. The van der Waals surface area contributed by atoms with Crippen molar-refractivity contribution in [1.29, 1.82) is 0 Å². The van der Waals surface area contributed by atoms with Gasteiger partial charge in [0.25, 0.3) is 0 Å². The third kappa shape index (κ3) is 4.73. The van der Waals surface area contributed by atoms with E-state index in [-0.39, 0.29) is 17.7 Å². The van der Waals surface area contributed by atoms with E-state index in [1.807, 2.05) is 48.5 Å². The van der Waals surface area contributed by atoms with E-state index < -0.39 is 6.10 Å². The van der Waals surface area contributed by atoms with E-state index in [9.17, 15) is 9.90 Å². The van der Waals surface area contributed by atoms with Gasteiger partial charge in [0, 0.05) is 5.02 Å². The maximum atomic E-state index is 12.1. The molecule has 0 aliphatic carbocycles. The maximum absolute atomic E-state index is 12.1. The van der Waals surface area contributed by atoms with Crippen molar-refractivity contribution in [2.45, 2.75) is 23.4 Å². The number of aliphatic hydroxyl groups excluding tert-OH is 1. The molecular formula is C18H17ClN2O2S2. The molecule has 0 aliphatic heterocycles. The van der Waals surface area contributed by atoms with Crippen LogP contribution >= 0.6 is 34.7 Å². The van der Waals surface area contributed by atoms with Gasteiger partial charge >= 0.3 is 0 Å². The number of carbonyl (C=O) groups is 1. The van der Waals surface area contributed by atoms with Gasteiger partial charge in [-0.05, 0) is 30.7 Å². The first kappa shape index (κ1) is 18.2. The number of benzene rings is 2. The lowest BCUT2D eigenvalue weighted by atomic mass is 10.0. The highest BCUT2D eigenvalue weighted by Crippen LogP contribution is 2.30. The molecule has 25 heavy (non-hydrogen) atoms. The monoisotopic (exact) mass is 392 g/mol. The summed E-state index contributed by atoms with van der Waals surface area (Å²) < 4.78 is 1.86. The summed E-state index contributed by atoms with van der Waals surface area (Å²) in [5, 5.41) is 13.8. The summed E-state index contributed by atoms with van der Waals surface area (Å²) in [6, 6.07) is 14.5. The molecule has 0 saturated heterocycles. The lowest BCUT2D eigenvalue weighted by Gasteiger charge is -2.20. The van der Waals surface area contributed by atoms with E-state index in [0.29, 0.717) is 5.02 Å². The molecule has 0 saturated carbocycles. The number of nitrogens with zero attached hydrogens (tertiary/aromatic N) is 1. The number of rotatable bonds is 6. The average molecular weight is 393 g/mol. The first-order chi connectivity index (χ1) is 12.0. The first-order valence-electron chi connectivity index (χ1n) is 7.74. The number of hydrogen-bond donors (Lipinski definition) is 2. The minimum absolute atomic E-state index is 0.134. The van der Waals surface area contributed by atoms with Gasteiger partial charge in [-0.1, -0.05) is 53.7 Å². The number of thiazole rings is 1. The van der Waals surface area contributed by atoms with E-state index in [4.69, 9.17) is 11.6 Å². The van der Waals surface area contributed by atoms with Crippen LogP contribution in [0.3, 0.4) is 0 Å². The zero-order valence-corrected chi connectivity index (χ0v) is 15.9. The summed E-state index contributed by atoms with van der Waals surface area (Å²) in [4.78, 5) is 16.6. The second kappa shape index (κ2) is 8.19. The molecule has 2 atom stereocenters. The molecule has 0 fully saturated rings. The number of aliphatic hydroxyl groups is 1. The van der Waals surface area contributed by atoms with Crippen LogP contribution in [-0.4, -0.2) is 27.8 Å². The Morgan fingerprint density at radius 3 is 2.84 bits per heavy atom. The second-order valence-electron chi connectivity index (χ2n) is 5.59. The Morgan fingerprint density at radius 1 is 1.32 bits per heavy atom. The number of carbonyl (C=O) groups excluding carboxylic acids is 1. The van der Waals surface area contributed by atoms with Crippen LogP contribution in [0.25, 0.3) is 10.2 Å². The second-order valence-corrected chi connectivity index (χ2v) is 8.28. The number of fused-ring (bicyclic) bond motifs is 1. The van der Waals surface area contributed by atoms with Crippen molar-refractivity contribution in [1.82, 2.24) is 10.3 Å². The van der Waals surface area contributed by atoms with Crippen molar-refractivity contribution >= 4 is 50.8 Å². The highest BCUT2D eigenvalue weighted by molar-refractivity contribution is 8.01. The summed E-state index contributed by atoms with van der Waals surface area (Å²) in [5.74, 6) is 0.115. The number of halogens is 1. The van der Waals surface area contributed by atoms with Crippen LogP contribution in [0.15, 0.2) is 52.9 Å². The van der Waals surface area contributed by atoms with Gasteiger partial charge in [-0.2, -0.15) is 0 Å². The van der Waals surface area contributed by atoms with Crippen LogP contribution in [0, 0.1) is 0 Å². The van der Waals surface area contributed by atoms with E-state index in [0.717, 1.165) is 20.1 Å².